The minimum absolute atomic E-state index is 0.0216. The lowest BCUT2D eigenvalue weighted by Crippen LogP contribution is -2.29. The van der Waals surface area contributed by atoms with Crippen molar-refractivity contribution in [3.63, 3.8) is 0 Å². The van der Waals surface area contributed by atoms with E-state index in [4.69, 9.17) is 9.15 Å². The van der Waals surface area contributed by atoms with Gasteiger partial charge in [0, 0.05) is 51.8 Å². The first-order chi connectivity index (χ1) is 13.0. The Hall–Kier alpha value is -2.61. The molecule has 3 rings (SSSR count). The van der Waals surface area contributed by atoms with Gasteiger partial charge in [-0.1, -0.05) is 6.92 Å². The number of methoxy groups -OCH3 is 1. The molecule has 3 heterocycles. The first-order valence-electron chi connectivity index (χ1n) is 9.32. The minimum Gasteiger partial charge on any atom is -0.460 e. The minimum atomic E-state index is -0.170. The summed E-state index contributed by atoms with van der Waals surface area (Å²) in [4.78, 5) is 24.6. The molecule has 8 heteroatoms. The van der Waals surface area contributed by atoms with E-state index in [0.717, 1.165) is 23.5 Å². The summed E-state index contributed by atoms with van der Waals surface area (Å²) in [5.41, 5.74) is 1.94. The van der Waals surface area contributed by atoms with E-state index in [1.807, 2.05) is 24.3 Å². The topological polar surface area (TPSA) is 90.8 Å². The fourth-order valence-corrected chi connectivity index (χ4v) is 3.22. The van der Waals surface area contributed by atoms with Gasteiger partial charge in [-0.2, -0.15) is 5.10 Å². The van der Waals surface area contributed by atoms with Crippen LogP contribution in [-0.4, -0.2) is 40.3 Å². The standard InChI is InChI=1S/C19H26N4O4/c1-4-17-21-22(9-5-7-18(24)20-8-6-10-26-3)19(25)15-12-16-14(23(15)17)11-13(2)27-16/h11-12H,4-10H2,1-3H3,(H,20,24). The number of hydrogen-bond acceptors (Lipinski definition) is 5. The molecule has 0 atom stereocenters. The lowest BCUT2D eigenvalue weighted by Gasteiger charge is -2.10. The van der Waals surface area contributed by atoms with Crippen LogP contribution in [0.2, 0.25) is 0 Å². The second-order valence-electron chi connectivity index (χ2n) is 6.57. The zero-order valence-electron chi connectivity index (χ0n) is 16.1. The van der Waals surface area contributed by atoms with E-state index < -0.39 is 0 Å². The highest BCUT2D eigenvalue weighted by Crippen LogP contribution is 2.23. The highest BCUT2D eigenvalue weighted by Gasteiger charge is 2.16. The molecule has 0 aliphatic heterocycles. The van der Waals surface area contributed by atoms with Crippen LogP contribution in [0, 0.1) is 6.92 Å². The average Bonchev–Trinajstić information content (AvgIpc) is 3.17. The summed E-state index contributed by atoms with van der Waals surface area (Å²) < 4.78 is 13.9. The molecule has 27 heavy (non-hydrogen) atoms. The molecule has 0 bridgehead atoms. The summed E-state index contributed by atoms with van der Waals surface area (Å²) in [7, 11) is 1.64. The Kier molecular flexibility index (Phi) is 5.95. The molecule has 0 spiro atoms. The number of fused-ring (bicyclic) bond motifs is 3. The van der Waals surface area contributed by atoms with Crippen LogP contribution in [0.15, 0.2) is 21.3 Å². The Morgan fingerprint density at radius 3 is 2.85 bits per heavy atom. The van der Waals surface area contributed by atoms with E-state index in [2.05, 4.69) is 10.4 Å². The van der Waals surface area contributed by atoms with Crippen molar-refractivity contribution in [2.24, 2.45) is 0 Å². The number of carbonyl (C=O) groups excluding carboxylic acids is 1. The Morgan fingerprint density at radius 2 is 2.11 bits per heavy atom. The number of aromatic nitrogens is 3. The van der Waals surface area contributed by atoms with Crippen LogP contribution in [0.1, 0.15) is 37.8 Å². The molecule has 0 fully saturated rings. The second kappa shape index (κ2) is 8.39. The van der Waals surface area contributed by atoms with Crippen LogP contribution in [0.4, 0.5) is 0 Å². The van der Waals surface area contributed by atoms with E-state index in [1.165, 1.54) is 4.68 Å². The predicted molar refractivity (Wildman–Crippen MR) is 102 cm³/mol. The molecule has 146 valence electrons. The largest absolute Gasteiger partial charge is 0.460 e. The van der Waals surface area contributed by atoms with Gasteiger partial charge in [0.2, 0.25) is 5.91 Å². The van der Waals surface area contributed by atoms with Gasteiger partial charge < -0.3 is 14.5 Å². The normalized spacial score (nSPS) is 11.5. The number of furan rings is 1. The molecule has 0 unspecified atom stereocenters. The SMILES string of the molecule is CCc1nn(CCCC(=O)NCCCOC)c(=O)c2cc3oc(C)cc3n12. The Balaban J connectivity index is 1.73. The molecule has 8 nitrogen and oxygen atoms in total. The highest BCUT2D eigenvalue weighted by molar-refractivity contribution is 5.83. The molecule has 3 aromatic heterocycles. The summed E-state index contributed by atoms with van der Waals surface area (Å²) in [6.07, 6.45) is 2.38. The van der Waals surface area contributed by atoms with Crippen molar-refractivity contribution in [3.05, 3.63) is 34.1 Å². The van der Waals surface area contributed by atoms with Crippen molar-refractivity contribution in [2.45, 2.75) is 46.1 Å². The molecule has 0 radical (unpaired) electrons. The average molecular weight is 374 g/mol. The predicted octanol–water partition coefficient (Wildman–Crippen LogP) is 2.05. The number of hydrogen-bond donors (Lipinski definition) is 1. The van der Waals surface area contributed by atoms with Crippen molar-refractivity contribution in [3.8, 4) is 0 Å². The fraction of sp³-hybridized carbons (Fsp3) is 0.526. The van der Waals surface area contributed by atoms with Crippen molar-refractivity contribution < 1.29 is 13.9 Å². The number of amides is 1. The number of rotatable bonds is 9. The van der Waals surface area contributed by atoms with E-state index in [0.29, 0.717) is 50.1 Å². The zero-order valence-corrected chi connectivity index (χ0v) is 16.1. The Bertz CT molecular complexity index is 999. The van der Waals surface area contributed by atoms with Crippen LogP contribution in [0.25, 0.3) is 16.6 Å². The number of nitrogens with one attached hydrogen (secondary N) is 1. The number of aryl methyl sites for hydroxylation is 3. The Morgan fingerprint density at radius 1 is 1.30 bits per heavy atom. The number of ether oxygens (including phenoxy) is 1. The number of carbonyl (C=O) groups is 1. The zero-order chi connectivity index (χ0) is 19.4. The van der Waals surface area contributed by atoms with E-state index >= 15 is 0 Å². The smallest absolute Gasteiger partial charge is 0.291 e. The second-order valence-corrected chi connectivity index (χ2v) is 6.57. The van der Waals surface area contributed by atoms with Gasteiger partial charge in [-0.05, 0) is 19.8 Å². The highest BCUT2D eigenvalue weighted by atomic mass is 16.5. The summed E-state index contributed by atoms with van der Waals surface area (Å²) in [6.45, 7) is 5.51. The van der Waals surface area contributed by atoms with Crippen molar-refractivity contribution >= 4 is 22.5 Å². The van der Waals surface area contributed by atoms with Crippen molar-refractivity contribution in [1.82, 2.24) is 19.5 Å². The fourth-order valence-electron chi connectivity index (χ4n) is 3.22. The van der Waals surface area contributed by atoms with Crippen molar-refractivity contribution in [1.29, 1.82) is 0 Å². The van der Waals surface area contributed by atoms with Gasteiger partial charge in [0.05, 0.1) is 5.52 Å². The monoisotopic (exact) mass is 374 g/mol. The van der Waals surface area contributed by atoms with Gasteiger partial charge in [0.1, 0.15) is 17.1 Å². The molecule has 0 aliphatic rings. The molecular weight excluding hydrogens is 348 g/mol. The van der Waals surface area contributed by atoms with Crippen molar-refractivity contribution in [2.75, 3.05) is 20.3 Å². The lowest BCUT2D eigenvalue weighted by atomic mass is 10.3. The third-order valence-electron chi connectivity index (χ3n) is 4.50. The molecule has 1 N–H and O–H groups in total. The summed E-state index contributed by atoms with van der Waals surface area (Å²) >= 11 is 0. The third kappa shape index (κ3) is 4.05. The van der Waals surface area contributed by atoms with Crippen LogP contribution < -0.4 is 10.9 Å². The summed E-state index contributed by atoms with van der Waals surface area (Å²) in [5, 5.41) is 7.36. The molecule has 0 aliphatic carbocycles. The summed E-state index contributed by atoms with van der Waals surface area (Å²) in [5.74, 6) is 1.58. The van der Waals surface area contributed by atoms with Crippen LogP contribution in [0.3, 0.4) is 0 Å². The van der Waals surface area contributed by atoms with Crippen LogP contribution in [0.5, 0.6) is 0 Å². The maximum Gasteiger partial charge on any atom is 0.291 e. The van der Waals surface area contributed by atoms with E-state index in [-0.39, 0.29) is 11.5 Å². The molecule has 1 amide bonds. The molecule has 0 aromatic carbocycles. The van der Waals surface area contributed by atoms with Gasteiger partial charge in [0.25, 0.3) is 5.56 Å². The van der Waals surface area contributed by atoms with Gasteiger partial charge in [-0.3, -0.25) is 14.0 Å². The van der Waals surface area contributed by atoms with E-state index in [1.54, 1.807) is 13.2 Å². The quantitative estimate of drug-likeness (QED) is 0.579. The summed E-state index contributed by atoms with van der Waals surface area (Å²) in [6, 6.07) is 3.69. The molecular formula is C19H26N4O4. The maximum atomic E-state index is 12.8. The van der Waals surface area contributed by atoms with Gasteiger partial charge in [-0.25, -0.2) is 4.68 Å². The van der Waals surface area contributed by atoms with Gasteiger partial charge in [0.15, 0.2) is 5.58 Å². The van der Waals surface area contributed by atoms with Gasteiger partial charge in [-0.15, -0.1) is 0 Å². The number of nitrogens with zero attached hydrogens (tertiary/aromatic N) is 3. The molecule has 3 aromatic rings. The first kappa shape index (κ1) is 19.2. The Labute approximate surface area is 157 Å². The maximum absolute atomic E-state index is 12.8. The van der Waals surface area contributed by atoms with E-state index in [9.17, 15) is 9.59 Å². The lowest BCUT2D eigenvalue weighted by molar-refractivity contribution is -0.121. The van der Waals surface area contributed by atoms with Crippen LogP contribution in [-0.2, 0) is 22.5 Å². The third-order valence-corrected chi connectivity index (χ3v) is 4.50. The molecule has 0 saturated heterocycles. The van der Waals surface area contributed by atoms with Crippen LogP contribution >= 0.6 is 0 Å². The van der Waals surface area contributed by atoms with Gasteiger partial charge >= 0.3 is 0 Å². The molecule has 0 saturated carbocycles. The first-order valence-corrected chi connectivity index (χ1v) is 9.32.